The van der Waals surface area contributed by atoms with E-state index in [0.29, 0.717) is 23.7 Å². The van der Waals surface area contributed by atoms with E-state index in [1.807, 2.05) is 49.4 Å². The number of anilines is 2. The standard InChI is InChI=1S/C27H29N3O5S/c1-18-17-29(27(32)28-16-22-7-5-6-8-26(22)35-3)25-15-21(11-14-24(25)30(18)19(2)31)20-9-12-23(13-10-20)36(4,33)34/h5-15,18H,16-17H2,1-4H3,(H,28,32). The van der Waals surface area contributed by atoms with Crippen molar-refractivity contribution in [2.24, 2.45) is 0 Å². The van der Waals surface area contributed by atoms with Gasteiger partial charge in [0.25, 0.3) is 0 Å². The van der Waals surface area contributed by atoms with Crippen molar-refractivity contribution >= 4 is 33.2 Å². The largest absolute Gasteiger partial charge is 0.496 e. The maximum absolute atomic E-state index is 13.4. The summed E-state index contributed by atoms with van der Waals surface area (Å²) in [7, 11) is -1.72. The first-order valence-corrected chi connectivity index (χ1v) is 13.4. The lowest BCUT2D eigenvalue weighted by Crippen LogP contribution is -2.53. The second-order valence-electron chi connectivity index (χ2n) is 8.82. The molecule has 3 amide bonds. The van der Waals surface area contributed by atoms with Crippen molar-refractivity contribution in [3.05, 3.63) is 72.3 Å². The third-order valence-corrected chi connectivity index (χ3v) is 7.36. The van der Waals surface area contributed by atoms with Crippen molar-refractivity contribution in [1.82, 2.24) is 5.32 Å². The second-order valence-corrected chi connectivity index (χ2v) is 10.8. The van der Waals surface area contributed by atoms with E-state index >= 15 is 0 Å². The van der Waals surface area contributed by atoms with Crippen LogP contribution in [-0.4, -0.2) is 46.3 Å². The van der Waals surface area contributed by atoms with E-state index < -0.39 is 9.84 Å². The Balaban J connectivity index is 1.68. The smallest absolute Gasteiger partial charge is 0.322 e. The highest BCUT2D eigenvalue weighted by atomic mass is 32.2. The number of sulfone groups is 1. The van der Waals surface area contributed by atoms with E-state index in [4.69, 9.17) is 4.74 Å². The normalized spacial score (nSPS) is 15.3. The Hall–Kier alpha value is -3.85. The van der Waals surface area contributed by atoms with Crippen LogP contribution in [0.3, 0.4) is 0 Å². The van der Waals surface area contributed by atoms with Crippen LogP contribution in [0.5, 0.6) is 5.75 Å². The maximum atomic E-state index is 13.4. The van der Waals surface area contributed by atoms with Crippen molar-refractivity contribution in [3.63, 3.8) is 0 Å². The Morgan fingerprint density at radius 1 is 1.00 bits per heavy atom. The molecule has 1 N–H and O–H groups in total. The molecule has 0 radical (unpaired) electrons. The fourth-order valence-electron chi connectivity index (χ4n) is 4.49. The van der Waals surface area contributed by atoms with E-state index in [2.05, 4.69) is 5.32 Å². The number of urea groups is 1. The Morgan fingerprint density at radius 2 is 1.67 bits per heavy atom. The summed E-state index contributed by atoms with van der Waals surface area (Å²) in [6, 6.07) is 19.1. The number of nitrogens with one attached hydrogen (secondary N) is 1. The van der Waals surface area contributed by atoms with Crippen molar-refractivity contribution in [1.29, 1.82) is 0 Å². The maximum Gasteiger partial charge on any atom is 0.322 e. The zero-order valence-corrected chi connectivity index (χ0v) is 21.5. The number of carbonyl (C=O) groups excluding carboxylic acids is 2. The molecule has 0 spiro atoms. The number of amides is 3. The van der Waals surface area contributed by atoms with Gasteiger partial charge in [-0.2, -0.15) is 0 Å². The molecular weight excluding hydrogens is 478 g/mol. The predicted octanol–water partition coefficient (Wildman–Crippen LogP) is 4.24. The van der Waals surface area contributed by atoms with E-state index in [0.717, 1.165) is 16.7 Å². The highest BCUT2D eigenvalue weighted by Crippen LogP contribution is 2.39. The molecule has 0 saturated heterocycles. The third kappa shape index (κ3) is 5.06. The van der Waals surface area contributed by atoms with Gasteiger partial charge in [-0.25, -0.2) is 13.2 Å². The van der Waals surface area contributed by atoms with Gasteiger partial charge in [0, 0.05) is 31.8 Å². The van der Waals surface area contributed by atoms with Crippen LogP contribution in [0.15, 0.2) is 71.6 Å². The van der Waals surface area contributed by atoms with Gasteiger partial charge in [-0.3, -0.25) is 9.69 Å². The molecular formula is C27H29N3O5S. The van der Waals surface area contributed by atoms with Crippen LogP contribution < -0.4 is 19.9 Å². The number of hydrogen-bond donors (Lipinski definition) is 1. The zero-order valence-electron chi connectivity index (χ0n) is 20.7. The van der Waals surface area contributed by atoms with Crippen molar-refractivity contribution < 1.29 is 22.7 Å². The highest BCUT2D eigenvalue weighted by Gasteiger charge is 2.33. The number of benzene rings is 3. The zero-order chi connectivity index (χ0) is 26.0. The van der Waals surface area contributed by atoms with Crippen molar-refractivity contribution in [2.75, 3.05) is 29.7 Å². The quantitative estimate of drug-likeness (QED) is 0.557. The van der Waals surface area contributed by atoms with Crippen LogP contribution in [0.2, 0.25) is 0 Å². The summed E-state index contributed by atoms with van der Waals surface area (Å²) in [6.45, 7) is 4.02. The number of para-hydroxylation sites is 1. The molecule has 3 aromatic rings. The van der Waals surface area contributed by atoms with Crippen molar-refractivity contribution in [2.45, 2.75) is 31.3 Å². The van der Waals surface area contributed by atoms with Gasteiger partial charge in [0.2, 0.25) is 5.91 Å². The molecule has 0 bridgehead atoms. The van der Waals surface area contributed by atoms with E-state index in [1.54, 1.807) is 41.2 Å². The third-order valence-electron chi connectivity index (χ3n) is 6.24. The van der Waals surface area contributed by atoms with E-state index in [1.165, 1.54) is 13.2 Å². The molecule has 36 heavy (non-hydrogen) atoms. The van der Waals surface area contributed by atoms with Gasteiger partial charge >= 0.3 is 6.03 Å². The minimum absolute atomic E-state index is 0.108. The average Bonchev–Trinajstić information content (AvgIpc) is 2.86. The molecule has 1 atom stereocenters. The summed E-state index contributed by atoms with van der Waals surface area (Å²) in [4.78, 5) is 29.4. The second kappa shape index (κ2) is 10.0. The molecule has 3 aromatic carbocycles. The molecule has 188 valence electrons. The average molecular weight is 508 g/mol. The molecule has 1 aliphatic heterocycles. The summed E-state index contributed by atoms with van der Waals surface area (Å²) in [5.74, 6) is 0.580. The van der Waals surface area contributed by atoms with Crippen LogP contribution >= 0.6 is 0 Å². The minimum atomic E-state index is -3.31. The van der Waals surface area contributed by atoms with Crippen LogP contribution in [0.4, 0.5) is 16.2 Å². The number of methoxy groups -OCH3 is 1. The summed E-state index contributed by atoms with van der Waals surface area (Å²) in [5.41, 5.74) is 3.70. The number of fused-ring (bicyclic) bond motifs is 1. The van der Waals surface area contributed by atoms with Crippen LogP contribution in [-0.2, 0) is 21.2 Å². The van der Waals surface area contributed by atoms with Gasteiger partial charge in [-0.15, -0.1) is 0 Å². The summed E-state index contributed by atoms with van der Waals surface area (Å²) in [6.07, 6.45) is 1.17. The number of rotatable bonds is 5. The number of carbonyl (C=O) groups is 2. The van der Waals surface area contributed by atoms with Crippen LogP contribution in [0.25, 0.3) is 11.1 Å². The molecule has 8 nitrogen and oxygen atoms in total. The van der Waals surface area contributed by atoms with Crippen LogP contribution in [0.1, 0.15) is 19.4 Å². The molecule has 0 aromatic heterocycles. The van der Waals surface area contributed by atoms with E-state index in [-0.39, 0.29) is 29.4 Å². The Kier molecular flexibility index (Phi) is 7.03. The molecule has 4 rings (SSSR count). The molecule has 0 aliphatic carbocycles. The molecule has 9 heteroatoms. The summed E-state index contributed by atoms with van der Waals surface area (Å²) < 4.78 is 29.0. The minimum Gasteiger partial charge on any atom is -0.496 e. The van der Waals surface area contributed by atoms with Gasteiger partial charge in [0.1, 0.15) is 5.75 Å². The topological polar surface area (TPSA) is 96.0 Å². The van der Waals surface area contributed by atoms with Gasteiger partial charge in [-0.05, 0) is 48.4 Å². The number of ether oxygens (including phenoxy) is 1. The SMILES string of the molecule is COc1ccccc1CNC(=O)N1CC(C)N(C(C)=O)c2ccc(-c3ccc(S(C)(=O)=O)cc3)cc21. The highest BCUT2D eigenvalue weighted by molar-refractivity contribution is 7.90. The fourth-order valence-corrected chi connectivity index (χ4v) is 5.12. The lowest BCUT2D eigenvalue weighted by Gasteiger charge is -2.41. The van der Waals surface area contributed by atoms with Crippen molar-refractivity contribution in [3.8, 4) is 16.9 Å². The number of hydrogen-bond acceptors (Lipinski definition) is 5. The summed E-state index contributed by atoms with van der Waals surface area (Å²) in [5, 5.41) is 2.97. The molecule has 1 unspecified atom stereocenters. The molecule has 0 fully saturated rings. The van der Waals surface area contributed by atoms with E-state index in [9.17, 15) is 18.0 Å². The first kappa shape index (κ1) is 25.2. The Bertz CT molecular complexity index is 1400. The Labute approximate surface area is 211 Å². The Morgan fingerprint density at radius 3 is 2.31 bits per heavy atom. The molecule has 1 heterocycles. The number of nitrogens with zero attached hydrogens (tertiary/aromatic N) is 2. The van der Waals surface area contributed by atoms with Gasteiger partial charge in [0.15, 0.2) is 9.84 Å². The lowest BCUT2D eigenvalue weighted by atomic mass is 10.0. The first-order chi connectivity index (χ1) is 17.1. The monoisotopic (exact) mass is 507 g/mol. The molecule has 0 saturated carbocycles. The van der Waals surface area contributed by atoms with Gasteiger partial charge in [0.05, 0.1) is 29.4 Å². The lowest BCUT2D eigenvalue weighted by molar-refractivity contribution is -0.117. The van der Waals surface area contributed by atoms with Crippen LogP contribution in [0, 0.1) is 0 Å². The molecule has 1 aliphatic rings. The van der Waals surface area contributed by atoms with Gasteiger partial charge < -0.3 is 15.0 Å². The first-order valence-electron chi connectivity index (χ1n) is 11.5. The summed E-state index contributed by atoms with van der Waals surface area (Å²) >= 11 is 0. The van der Waals surface area contributed by atoms with Gasteiger partial charge in [-0.1, -0.05) is 36.4 Å². The predicted molar refractivity (Wildman–Crippen MR) is 140 cm³/mol. The fraction of sp³-hybridized carbons (Fsp3) is 0.259.